The van der Waals surface area contributed by atoms with Crippen molar-refractivity contribution in [3.63, 3.8) is 0 Å². The lowest BCUT2D eigenvalue weighted by molar-refractivity contribution is -0.224. The van der Waals surface area contributed by atoms with Gasteiger partial charge in [-0.25, -0.2) is 0 Å². The molecule has 0 aromatic carbocycles. The first-order valence-corrected chi connectivity index (χ1v) is 11.8. The number of fused-ring (bicyclic) bond motifs is 5. The SMILES string of the molecule is CCC1(C(OC)C2CC3C4CCC(C(OC)C5(CC)COC5)(C4)C3C2)COC1. The first kappa shape index (κ1) is 19.8. The predicted octanol–water partition coefficient (Wildman–Crippen LogP) is 4.31. The Balaban J connectivity index is 1.41. The minimum absolute atomic E-state index is 0.254. The minimum atomic E-state index is 0.254. The molecule has 4 nitrogen and oxygen atoms in total. The summed E-state index contributed by atoms with van der Waals surface area (Å²) in [6.45, 7) is 8.22. The molecule has 2 heterocycles. The molecule has 2 saturated heterocycles. The van der Waals surface area contributed by atoms with Crippen molar-refractivity contribution in [2.45, 2.75) is 71.0 Å². The summed E-state index contributed by atoms with van der Waals surface area (Å²) in [6, 6.07) is 0. The van der Waals surface area contributed by atoms with E-state index in [1.54, 1.807) is 0 Å². The molecule has 2 bridgehead atoms. The van der Waals surface area contributed by atoms with Gasteiger partial charge in [0, 0.05) is 30.5 Å². The zero-order valence-corrected chi connectivity index (χ0v) is 18.4. The van der Waals surface area contributed by atoms with Crippen molar-refractivity contribution in [2.75, 3.05) is 40.6 Å². The Morgan fingerprint density at radius 2 is 1.61 bits per heavy atom. The van der Waals surface area contributed by atoms with Crippen LogP contribution in [0.2, 0.25) is 0 Å². The molecule has 7 unspecified atom stereocenters. The Hall–Kier alpha value is -0.160. The second-order valence-electron chi connectivity index (χ2n) is 10.9. The molecule has 0 aromatic rings. The Labute approximate surface area is 171 Å². The average Bonchev–Trinajstić information content (AvgIpc) is 3.32. The Morgan fingerprint density at radius 1 is 0.929 bits per heavy atom. The summed E-state index contributed by atoms with van der Waals surface area (Å²) in [5.41, 5.74) is 0.896. The molecule has 3 saturated carbocycles. The molecule has 2 aliphatic heterocycles. The summed E-state index contributed by atoms with van der Waals surface area (Å²) in [6.07, 6.45) is 9.95. The van der Waals surface area contributed by atoms with Gasteiger partial charge in [-0.05, 0) is 68.6 Å². The molecule has 0 aromatic heterocycles. The van der Waals surface area contributed by atoms with E-state index in [0.717, 1.165) is 44.2 Å². The van der Waals surface area contributed by atoms with E-state index in [-0.39, 0.29) is 10.8 Å². The fraction of sp³-hybridized carbons (Fsp3) is 1.00. The fourth-order valence-corrected chi connectivity index (χ4v) is 8.70. The van der Waals surface area contributed by atoms with Crippen molar-refractivity contribution in [1.29, 1.82) is 0 Å². The number of hydrogen-bond acceptors (Lipinski definition) is 4. The molecule has 28 heavy (non-hydrogen) atoms. The van der Waals surface area contributed by atoms with E-state index in [9.17, 15) is 0 Å². The van der Waals surface area contributed by atoms with Gasteiger partial charge in [-0.2, -0.15) is 0 Å². The topological polar surface area (TPSA) is 36.9 Å². The standard InChI is InChI=1S/C24H40O4/c1-5-22(12-27-13-22)20(25-3)17-9-18-16-7-8-24(11-16,19(18)10-17)21(26-4)23(6-2)14-28-15-23/h16-21H,5-15H2,1-4H3. The van der Waals surface area contributed by atoms with Gasteiger partial charge in [0.1, 0.15) is 0 Å². The van der Waals surface area contributed by atoms with Crippen molar-refractivity contribution < 1.29 is 18.9 Å². The maximum atomic E-state index is 6.37. The third-order valence-electron chi connectivity index (χ3n) is 10.2. The number of rotatable bonds is 8. The third kappa shape index (κ3) is 2.44. The van der Waals surface area contributed by atoms with Crippen LogP contribution in [0.25, 0.3) is 0 Å². The van der Waals surface area contributed by atoms with E-state index in [2.05, 4.69) is 13.8 Å². The summed E-state index contributed by atoms with van der Waals surface area (Å²) in [5.74, 6) is 3.31. The van der Waals surface area contributed by atoms with Gasteiger partial charge in [0.2, 0.25) is 0 Å². The lowest BCUT2D eigenvalue weighted by atomic mass is 9.59. The summed E-state index contributed by atoms with van der Waals surface area (Å²) >= 11 is 0. The molecule has 0 amide bonds. The van der Waals surface area contributed by atoms with Gasteiger partial charge in [-0.3, -0.25) is 0 Å². The number of hydrogen-bond donors (Lipinski definition) is 0. The van der Waals surface area contributed by atoms with Crippen LogP contribution in [0.4, 0.5) is 0 Å². The minimum Gasteiger partial charge on any atom is -0.380 e. The van der Waals surface area contributed by atoms with Crippen LogP contribution in [0.3, 0.4) is 0 Å². The molecular formula is C24H40O4. The molecule has 7 atom stereocenters. The summed E-state index contributed by atoms with van der Waals surface area (Å²) in [7, 11) is 3.91. The van der Waals surface area contributed by atoms with Crippen LogP contribution in [-0.4, -0.2) is 52.9 Å². The van der Waals surface area contributed by atoms with Crippen molar-refractivity contribution in [2.24, 2.45) is 39.9 Å². The highest BCUT2D eigenvalue weighted by atomic mass is 16.5. The smallest absolute Gasteiger partial charge is 0.0730 e. The average molecular weight is 393 g/mol. The van der Waals surface area contributed by atoms with Gasteiger partial charge in [0.25, 0.3) is 0 Å². The fourth-order valence-electron chi connectivity index (χ4n) is 8.70. The molecule has 5 aliphatic rings. The zero-order chi connectivity index (χ0) is 19.6. The Morgan fingerprint density at radius 3 is 2.11 bits per heavy atom. The van der Waals surface area contributed by atoms with Gasteiger partial charge in [-0.1, -0.05) is 13.8 Å². The van der Waals surface area contributed by atoms with Crippen LogP contribution < -0.4 is 0 Å². The molecule has 5 fully saturated rings. The molecule has 160 valence electrons. The summed E-state index contributed by atoms with van der Waals surface area (Å²) in [5, 5.41) is 0. The third-order valence-corrected chi connectivity index (χ3v) is 10.2. The molecule has 5 rings (SSSR count). The lowest BCUT2D eigenvalue weighted by Crippen LogP contribution is -2.59. The van der Waals surface area contributed by atoms with Crippen LogP contribution in [0.5, 0.6) is 0 Å². The largest absolute Gasteiger partial charge is 0.380 e. The normalized spacial score (nSPS) is 44.6. The van der Waals surface area contributed by atoms with E-state index in [1.807, 2.05) is 14.2 Å². The van der Waals surface area contributed by atoms with Crippen molar-refractivity contribution in [3.8, 4) is 0 Å². The van der Waals surface area contributed by atoms with E-state index in [0.29, 0.717) is 23.5 Å². The van der Waals surface area contributed by atoms with Crippen molar-refractivity contribution >= 4 is 0 Å². The Kier molecular flexibility index (Phi) is 4.90. The predicted molar refractivity (Wildman–Crippen MR) is 108 cm³/mol. The highest BCUT2D eigenvalue weighted by molar-refractivity contribution is 5.17. The lowest BCUT2D eigenvalue weighted by Gasteiger charge is -2.54. The van der Waals surface area contributed by atoms with E-state index in [1.165, 1.54) is 44.9 Å². The number of ether oxygens (including phenoxy) is 4. The maximum absolute atomic E-state index is 6.37. The first-order valence-electron chi connectivity index (χ1n) is 11.8. The number of methoxy groups -OCH3 is 2. The maximum Gasteiger partial charge on any atom is 0.0730 e. The van der Waals surface area contributed by atoms with E-state index >= 15 is 0 Å². The summed E-state index contributed by atoms with van der Waals surface area (Å²) in [4.78, 5) is 0. The van der Waals surface area contributed by atoms with Crippen molar-refractivity contribution in [3.05, 3.63) is 0 Å². The van der Waals surface area contributed by atoms with E-state index < -0.39 is 0 Å². The van der Waals surface area contributed by atoms with Gasteiger partial charge < -0.3 is 18.9 Å². The molecule has 0 radical (unpaired) electrons. The Bertz CT molecular complexity index is 572. The van der Waals surface area contributed by atoms with Crippen LogP contribution in [-0.2, 0) is 18.9 Å². The van der Waals surface area contributed by atoms with Crippen LogP contribution in [0, 0.1) is 39.9 Å². The van der Waals surface area contributed by atoms with Crippen LogP contribution >= 0.6 is 0 Å². The summed E-state index contributed by atoms with van der Waals surface area (Å²) < 4.78 is 24.0. The molecule has 0 N–H and O–H groups in total. The van der Waals surface area contributed by atoms with Crippen LogP contribution in [0.1, 0.15) is 58.8 Å². The molecular weight excluding hydrogens is 352 g/mol. The second-order valence-corrected chi connectivity index (χ2v) is 10.9. The van der Waals surface area contributed by atoms with Crippen molar-refractivity contribution in [1.82, 2.24) is 0 Å². The molecule has 4 heteroatoms. The van der Waals surface area contributed by atoms with Crippen LogP contribution in [0.15, 0.2) is 0 Å². The second kappa shape index (κ2) is 6.93. The molecule has 0 spiro atoms. The van der Waals surface area contributed by atoms with Gasteiger partial charge >= 0.3 is 0 Å². The highest BCUT2D eigenvalue weighted by Gasteiger charge is 2.68. The first-order chi connectivity index (χ1) is 13.6. The van der Waals surface area contributed by atoms with Gasteiger partial charge in [-0.15, -0.1) is 0 Å². The zero-order valence-electron chi connectivity index (χ0n) is 18.4. The quantitative estimate of drug-likeness (QED) is 0.617. The molecule has 3 aliphatic carbocycles. The van der Waals surface area contributed by atoms with E-state index in [4.69, 9.17) is 18.9 Å². The highest BCUT2D eigenvalue weighted by Crippen LogP contribution is 2.71. The monoisotopic (exact) mass is 392 g/mol. The van der Waals surface area contributed by atoms with Gasteiger partial charge in [0.05, 0.1) is 38.6 Å². The van der Waals surface area contributed by atoms with Gasteiger partial charge in [0.15, 0.2) is 0 Å².